The first-order valence-electron chi connectivity index (χ1n) is 6.83. The van der Waals surface area contributed by atoms with E-state index in [0.29, 0.717) is 16.9 Å². The number of benzene rings is 1. The summed E-state index contributed by atoms with van der Waals surface area (Å²) in [4.78, 5) is 0. The topological polar surface area (TPSA) is 38.0 Å². The standard InChI is InChI=1S/C15H22F2N2/c1-15(2)5-3-10(4-6-15)14(19-18)11-7-12(16)9-13(17)8-11/h7-10,14,19H,3-6,18H2,1-2H3. The number of nitrogens with two attached hydrogens (primary N) is 1. The van der Waals surface area contributed by atoms with Gasteiger partial charge < -0.3 is 0 Å². The second-order valence-electron chi connectivity index (χ2n) is 6.35. The third kappa shape index (κ3) is 3.51. The van der Waals surface area contributed by atoms with Crippen molar-refractivity contribution in [3.8, 4) is 0 Å². The molecule has 3 N–H and O–H groups in total. The predicted octanol–water partition coefficient (Wildman–Crippen LogP) is 3.69. The summed E-state index contributed by atoms with van der Waals surface area (Å²) in [5.41, 5.74) is 3.70. The van der Waals surface area contributed by atoms with Gasteiger partial charge in [0.05, 0.1) is 0 Å². The van der Waals surface area contributed by atoms with E-state index < -0.39 is 11.6 Å². The van der Waals surface area contributed by atoms with E-state index in [1.807, 2.05) is 0 Å². The van der Waals surface area contributed by atoms with Crippen LogP contribution in [0.15, 0.2) is 18.2 Å². The van der Waals surface area contributed by atoms with Crippen LogP contribution in [0.5, 0.6) is 0 Å². The summed E-state index contributed by atoms with van der Waals surface area (Å²) in [5, 5.41) is 0. The lowest BCUT2D eigenvalue weighted by molar-refractivity contribution is 0.161. The molecule has 1 aliphatic rings. The van der Waals surface area contributed by atoms with E-state index in [2.05, 4.69) is 19.3 Å². The first-order valence-corrected chi connectivity index (χ1v) is 6.83. The third-order valence-electron chi connectivity index (χ3n) is 4.28. The Hall–Kier alpha value is -1.00. The average Bonchev–Trinajstić information content (AvgIpc) is 2.31. The van der Waals surface area contributed by atoms with Gasteiger partial charge in [-0.05, 0) is 54.7 Å². The minimum atomic E-state index is -0.550. The maximum atomic E-state index is 13.3. The van der Waals surface area contributed by atoms with Gasteiger partial charge in [0, 0.05) is 12.1 Å². The van der Waals surface area contributed by atoms with Gasteiger partial charge in [0.1, 0.15) is 11.6 Å². The molecule has 1 aliphatic carbocycles. The Morgan fingerprint density at radius 2 is 1.68 bits per heavy atom. The van der Waals surface area contributed by atoms with Gasteiger partial charge >= 0.3 is 0 Å². The van der Waals surface area contributed by atoms with Crippen LogP contribution in [0.2, 0.25) is 0 Å². The highest BCUT2D eigenvalue weighted by atomic mass is 19.1. The normalized spacial score (nSPS) is 21.3. The zero-order valence-corrected chi connectivity index (χ0v) is 11.5. The van der Waals surface area contributed by atoms with Crippen molar-refractivity contribution in [2.24, 2.45) is 17.2 Å². The summed E-state index contributed by atoms with van der Waals surface area (Å²) < 4.78 is 26.6. The van der Waals surface area contributed by atoms with Crippen LogP contribution in [0.3, 0.4) is 0 Å². The van der Waals surface area contributed by atoms with Crippen molar-refractivity contribution in [3.05, 3.63) is 35.4 Å². The Morgan fingerprint density at radius 1 is 1.16 bits per heavy atom. The Balaban J connectivity index is 2.16. The first kappa shape index (κ1) is 14.4. The van der Waals surface area contributed by atoms with E-state index in [-0.39, 0.29) is 6.04 Å². The molecule has 0 heterocycles. The molecule has 106 valence electrons. The molecule has 1 aromatic carbocycles. The second-order valence-corrected chi connectivity index (χ2v) is 6.35. The molecule has 1 unspecified atom stereocenters. The van der Waals surface area contributed by atoms with Crippen LogP contribution in [0.1, 0.15) is 51.1 Å². The van der Waals surface area contributed by atoms with Crippen molar-refractivity contribution in [3.63, 3.8) is 0 Å². The van der Waals surface area contributed by atoms with Crippen LogP contribution in [0.25, 0.3) is 0 Å². The highest BCUT2D eigenvalue weighted by Crippen LogP contribution is 2.42. The van der Waals surface area contributed by atoms with Gasteiger partial charge in [0.25, 0.3) is 0 Å². The maximum absolute atomic E-state index is 13.3. The van der Waals surface area contributed by atoms with Crippen LogP contribution < -0.4 is 11.3 Å². The van der Waals surface area contributed by atoms with Crippen LogP contribution in [-0.4, -0.2) is 0 Å². The van der Waals surface area contributed by atoms with Crippen LogP contribution >= 0.6 is 0 Å². The number of rotatable bonds is 3. The van der Waals surface area contributed by atoms with Gasteiger partial charge in [-0.3, -0.25) is 11.3 Å². The highest BCUT2D eigenvalue weighted by Gasteiger charge is 2.31. The van der Waals surface area contributed by atoms with Crippen LogP contribution in [0, 0.1) is 23.0 Å². The van der Waals surface area contributed by atoms with Gasteiger partial charge in [0.2, 0.25) is 0 Å². The summed E-state index contributed by atoms with van der Waals surface area (Å²) >= 11 is 0. The molecule has 0 saturated heterocycles. The van der Waals surface area contributed by atoms with E-state index in [0.717, 1.165) is 31.7 Å². The zero-order chi connectivity index (χ0) is 14.0. The molecular formula is C15H22F2N2. The van der Waals surface area contributed by atoms with Gasteiger partial charge in [-0.25, -0.2) is 8.78 Å². The molecule has 19 heavy (non-hydrogen) atoms. The largest absolute Gasteiger partial charge is 0.271 e. The minimum absolute atomic E-state index is 0.179. The van der Waals surface area contributed by atoms with Gasteiger partial charge in [-0.2, -0.15) is 0 Å². The number of hydrogen-bond donors (Lipinski definition) is 2. The van der Waals surface area contributed by atoms with Crippen LogP contribution in [-0.2, 0) is 0 Å². The van der Waals surface area contributed by atoms with E-state index in [9.17, 15) is 8.78 Å². The van der Waals surface area contributed by atoms with E-state index in [1.165, 1.54) is 12.1 Å². The lowest BCUT2D eigenvalue weighted by Gasteiger charge is -2.38. The molecular weight excluding hydrogens is 246 g/mol. The lowest BCUT2D eigenvalue weighted by atomic mass is 9.70. The number of halogens is 2. The molecule has 0 spiro atoms. The monoisotopic (exact) mass is 268 g/mol. The molecule has 2 rings (SSSR count). The van der Waals surface area contributed by atoms with Crippen molar-refractivity contribution >= 4 is 0 Å². The summed E-state index contributed by atoms with van der Waals surface area (Å²) in [5.74, 6) is 4.84. The minimum Gasteiger partial charge on any atom is -0.271 e. The highest BCUT2D eigenvalue weighted by molar-refractivity contribution is 5.22. The summed E-state index contributed by atoms with van der Waals surface area (Å²) in [6, 6.07) is 3.45. The zero-order valence-electron chi connectivity index (χ0n) is 11.5. The molecule has 4 heteroatoms. The van der Waals surface area contributed by atoms with Crippen molar-refractivity contribution in [1.29, 1.82) is 0 Å². The fraction of sp³-hybridized carbons (Fsp3) is 0.600. The summed E-state index contributed by atoms with van der Waals surface area (Å²) in [6.07, 6.45) is 4.29. The van der Waals surface area contributed by atoms with Crippen molar-refractivity contribution < 1.29 is 8.78 Å². The SMILES string of the molecule is CC1(C)CCC(C(NN)c2cc(F)cc(F)c2)CC1. The Labute approximate surface area is 113 Å². The van der Waals surface area contributed by atoms with Crippen LogP contribution in [0.4, 0.5) is 8.78 Å². The van der Waals surface area contributed by atoms with E-state index in [1.54, 1.807) is 0 Å². The average molecular weight is 268 g/mol. The van der Waals surface area contributed by atoms with Crippen molar-refractivity contribution in [2.45, 2.75) is 45.6 Å². The molecule has 0 aromatic heterocycles. The third-order valence-corrected chi connectivity index (χ3v) is 4.28. The molecule has 0 amide bonds. The molecule has 2 nitrogen and oxygen atoms in total. The quantitative estimate of drug-likeness (QED) is 0.648. The van der Waals surface area contributed by atoms with Crippen molar-refractivity contribution in [1.82, 2.24) is 5.43 Å². The van der Waals surface area contributed by atoms with Gasteiger partial charge in [-0.15, -0.1) is 0 Å². The number of hydrogen-bond acceptors (Lipinski definition) is 2. The summed E-state index contributed by atoms with van der Waals surface area (Å²) in [7, 11) is 0. The predicted molar refractivity (Wildman–Crippen MR) is 72.2 cm³/mol. The maximum Gasteiger partial charge on any atom is 0.126 e. The van der Waals surface area contributed by atoms with E-state index >= 15 is 0 Å². The molecule has 1 atom stereocenters. The fourth-order valence-corrected chi connectivity index (χ4v) is 3.01. The second kappa shape index (κ2) is 5.55. The van der Waals surface area contributed by atoms with E-state index in [4.69, 9.17) is 5.84 Å². The molecule has 0 aliphatic heterocycles. The van der Waals surface area contributed by atoms with Gasteiger partial charge in [-0.1, -0.05) is 13.8 Å². The first-order chi connectivity index (χ1) is 8.91. The molecule has 1 fully saturated rings. The Morgan fingerprint density at radius 3 is 2.16 bits per heavy atom. The van der Waals surface area contributed by atoms with Crippen molar-refractivity contribution in [2.75, 3.05) is 0 Å². The number of hydrazine groups is 1. The summed E-state index contributed by atoms with van der Waals surface area (Å²) in [6.45, 7) is 4.52. The Bertz CT molecular complexity index is 416. The van der Waals surface area contributed by atoms with Gasteiger partial charge in [0.15, 0.2) is 0 Å². The lowest BCUT2D eigenvalue weighted by Crippen LogP contribution is -2.36. The Kier molecular flexibility index (Phi) is 4.21. The molecule has 1 aromatic rings. The molecule has 0 radical (unpaired) electrons. The molecule has 0 bridgehead atoms. The number of nitrogens with one attached hydrogen (secondary N) is 1. The smallest absolute Gasteiger partial charge is 0.126 e. The fourth-order valence-electron chi connectivity index (χ4n) is 3.01. The molecule has 1 saturated carbocycles.